The fraction of sp³-hybridized carbons (Fsp3) is 0.154. The molecular formula is C13H12FN3O. The first-order chi connectivity index (χ1) is 8.66. The molecule has 1 amide bonds. The molecule has 2 aromatic rings. The summed E-state index contributed by atoms with van der Waals surface area (Å²) < 4.78 is 13.1. The number of benzene rings is 1. The molecule has 0 fully saturated rings. The third kappa shape index (κ3) is 2.88. The summed E-state index contributed by atoms with van der Waals surface area (Å²) in [5.41, 5.74) is 0.622. The third-order valence-electron chi connectivity index (χ3n) is 2.56. The molecule has 1 N–H and O–H groups in total. The molecule has 0 aliphatic rings. The monoisotopic (exact) mass is 245 g/mol. The Bertz CT molecular complexity index is 545. The van der Waals surface area contributed by atoms with Crippen molar-refractivity contribution >= 4 is 11.7 Å². The highest BCUT2D eigenvalue weighted by Gasteiger charge is 2.16. The molecule has 18 heavy (non-hydrogen) atoms. The van der Waals surface area contributed by atoms with E-state index in [1.807, 2.05) is 0 Å². The number of amides is 1. The lowest BCUT2D eigenvalue weighted by Crippen LogP contribution is -2.19. The maximum Gasteiger partial charge on any atom is 0.232 e. The standard InChI is InChI=1S/C13H12FN3O/c1-9(10-3-2-4-11(14)7-10)13(18)17-12-8-15-5-6-16-12/h2-9H,1H3,(H,16,17,18)/t9-/m0/s1. The summed E-state index contributed by atoms with van der Waals surface area (Å²) in [6, 6.07) is 5.98. The first-order valence-electron chi connectivity index (χ1n) is 5.49. The number of hydrogen-bond acceptors (Lipinski definition) is 3. The first-order valence-corrected chi connectivity index (χ1v) is 5.49. The summed E-state index contributed by atoms with van der Waals surface area (Å²) in [5, 5.41) is 2.62. The Morgan fingerprint density at radius 1 is 1.39 bits per heavy atom. The Hall–Kier alpha value is -2.30. The van der Waals surface area contributed by atoms with Crippen LogP contribution in [0.3, 0.4) is 0 Å². The lowest BCUT2D eigenvalue weighted by molar-refractivity contribution is -0.117. The van der Waals surface area contributed by atoms with Crippen LogP contribution in [-0.2, 0) is 4.79 Å². The van der Waals surface area contributed by atoms with Crippen LogP contribution in [0.5, 0.6) is 0 Å². The normalized spacial score (nSPS) is 11.9. The van der Waals surface area contributed by atoms with E-state index in [0.29, 0.717) is 11.4 Å². The average molecular weight is 245 g/mol. The second kappa shape index (κ2) is 5.35. The Morgan fingerprint density at radius 3 is 2.89 bits per heavy atom. The van der Waals surface area contributed by atoms with Gasteiger partial charge < -0.3 is 5.32 Å². The van der Waals surface area contributed by atoms with Crippen LogP contribution in [0.25, 0.3) is 0 Å². The lowest BCUT2D eigenvalue weighted by Gasteiger charge is -2.11. The lowest BCUT2D eigenvalue weighted by atomic mass is 10.0. The molecule has 1 heterocycles. The molecule has 1 aromatic carbocycles. The van der Waals surface area contributed by atoms with Crippen molar-refractivity contribution in [3.05, 3.63) is 54.2 Å². The van der Waals surface area contributed by atoms with Crippen LogP contribution in [0.15, 0.2) is 42.9 Å². The van der Waals surface area contributed by atoms with E-state index in [0.717, 1.165) is 0 Å². The molecule has 1 atom stereocenters. The minimum atomic E-state index is -0.456. The molecule has 0 unspecified atom stereocenters. The van der Waals surface area contributed by atoms with Crippen LogP contribution < -0.4 is 5.32 Å². The SMILES string of the molecule is C[C@H](C(=O)Nc1cnccn1)c1cccc(F)c1. The number of carbonyl (C=O) groups is 1. The van der Waals surface area contributed by atoms with Crippen LogP contribution in [0.2, 0.25) is 0 Å². The maximum atomic E-state index is 13.1. The van der Waals surface area contributed by atoms with Gasteiger partial charge in [-0.3, -0.25) is 9.78 Å². The molecule has 92 valence electrons. The maximum absolute atomic E-state index is 13.1. The van der Waals surface area contributed by atoms with E-state index in [1.165, 1.54) is 30.7 Å². The van der Waals surface area contributed by atoms with E-state index < -0.39 is 5.92 Å². The zero-order valence-electron chi connectivity index (χ0n) is 9.80. The summed E-state index contributed by atoms with van der Waals surface area (Å²) in [6.07, 6.45) is 4.46. The van der Waals surface area contributed by atoms with Gasteiger partial charge in [-0.2, -0.15) is 0 Å². The Morgan fingerprint density at radius 2 is 2.22 bits per heavy atom. The van der Waals surface area contributed by atoms with Gasteiger partial charge in [0.1, 0.15) is 5.82 Å². The van der Waals surface area contributed by atoms with Gasteiger partial charge >= 0.3 is 0 Å². The smallest absolute Gasteiger partial charge is 0.232 e. The summed E-state index contributed by atoms with van der Waals surface area (Å²) in [4.78, 5) is 19.7. The number of aromatic nitrogens is 2. The first kappa shape index (κ1) is 12.2. The van der Waals surface area contributed by atoms with Crippen molar-refractivity contribution in [3.63, 3.8) is 0 Å². The molecule has 0 radical (unpaired) electrons. The third-order valence-corrected chi connectivity index (χ3v) is 2.56. The van der Waals surface area contributed by atoms with E-state index in [1.54, 1.807) is 19.1 Å². The second-order valence-corrected chi connectivity index (χ2v) is 3.86. The highest BCUT2D eigenvalue weighted by atomic mass is 19.1. The fourth-order valence-corrected chi connectivity index (χ4v) is 1.53. The van der Waals surface area contributed by atoms with E-state index in [2.05, 4.69) is 15.3 Å². The van der Waals surface area contributed by atoms with Gasteiger partial charge in [0.25, 0.3) is 0 Å². The highest BCUT2D eigenvalue weighted by Crippen LogP contribution is 2.17. The van der Waals surface area contributed by atoms with E-state index >= 15 is 0 Å². The minimum Gasteiger partial charge on any atom is -0.309 e. The number of anilines is 1. The van der Waals surface area contributed by atoms with Crippen molar-refractivity contribution < 1.29 is 9.18 Å². The van der Waals surface area contributed by atoms with E-state index in [9.17, 15) is 9.18 Å². The highest BCUT2D eigenvalue weighted by molar-refractivity contribution is 5.94. The van der Waals surface area contributed by atoms with E-state index in [-0.39, 0.29) is 11.7 Å². The van der Waals surface area contributed by atoms with Crippen molar-refractivity contribution in [2.24, 2.45) is 0 Å². The molecule has 0 saturated heterocycles. The van der Waals surface area contributed by atoms with Gasteiger partial charge in [0.15, 0.2) is 5.82 Å². The molecule has 0 saturated carbocycles. The summed E-state index contributed by atoms with van der Waals surface area (Å²) >= 11 is 0. The minimum absolute atomic E-state index is 0.249. The topological polar surface area (TPSA) is 54.9 Å². The summed E-state index contributed by atoms with van der Waals surface area (Å²) in [5.74, 6) is -0.679. The van der Waals surface area contributed by atoms with Gasteiger partial charge in [0.2, 0.25) is 5.91 Å². The van der Waals surface area contributed by atoms with Crippen molar-refractivity contribution in [2.45, 2.75) is 12.8 Å². The molecule has 0 spiro atoms. The number of halogens is 1. The van der Waals surface area contributed by atoms with Gasteiger partial charge in [0.05, 0.1) is 12.1 Å². The van der Waals surface area contributed by atoms with Crippen molar-refractivity contribution in [1.82, 2.24) is 9.97 Å². The largest absolute Gasteiger partial charge is 0.309 e. The molecule has 4 nitrogen and oxygen atoms in total. The molecule has 0 aliphatic carbocycles. The number of nitrogens with one attached hydrogen (secondary N) is 1. The Balaban J connectivity index is 2.10. The van der Waals surface area contributed by atoms with Crippen molar-refractivity contribution in [1.29, 1.82) is 0 Å². The molecule has 2 rings (SSSR count). The van der Waals surface area contributed by atoms with E-state index in [4.69, 9.17) is 0 Å². The fourth-order valence-electron chi connectivity index (χ4n) is 1.53. The molecular weight excluding hydrogens is 233 g/mol. The zero-order chi connectivity index (χ0) is 13.0. The van der Waals surface area contributed by atoms with Crippen molar-refractivity contribution in [3.8, 4) is 0 Å². The summed E-state index contributed by atoms with van der Waals surface area (Å²) in [6.45, 7) is 1.71. The van der Waals surface area contributed by atoms with Crippen LogP contribution in [0, 0.1) is 5.82 Å². The van der Waals surface area contributed by atoms with Gasteiger partial charge in [-0.15, -0.1) is 0 Å². The molecule has 1 aromatic heterocycles. The van der Waals surface area contributed by atoms with Crippen molar-refractivity contribution in [2.75, 3.05) is 5.32 Å². The molecule has 0 bridgehead atoms. The number of carbonyl (C=O) groups excluding carboxylic acids is 1. The number of nitrogens with zero attached hydrogens (tertiary/aromatic N) is 2. The Labute approximate surface area is 104 Å². The summed E-state index contributed by atoms with van der Waals surface area (Å²) in [7, 11) is 0. The van der Waals surface area contributed by atoms with Gasteiger partial charge in [0, 0.05) is 12.4 Å². The van der Waals surface area contributed by atoms with Gasteiger partial charge in [-0.05, 0) is 24.6 Å². The number of rotatable bonds is 3. The van der Waals surface area contributed by atoms with Crippen LogP contribution in [0.4, 0.5) is 10.2 Å². The molecule has 0 aliphatic heterocycles. The van der Waals surface area contributed by atoms with Crippen LogP contribution in [-0.4, -0.2) is 15.9 Å². The quantitative estimate of drug-likeness (QED) is 0.903. The number of hydrogen-bond donors (Lipinski definition) is 1. The second-order valence-electron chi connectivity index (χ2n) is 3.86. The average Bonchev–Trinajstić information content (AvgIpc) is 2.39. The Kier molecular flexibility index (Phi) is 3.62. The molecule has 5 heteroatoms. The zero-order valence-corrected chi connectivity index (χ0v) is 9.80. The van der Waals surface area contributed by atoms with Gasteiger partial charge in [-0.1, -0.05) is 12.1 Å². The predicted octanol–water partition coefficient (Wildman–Crippen LogP) is 2.36. The predicted molar refractivity (Wildman–Crippen MR) is 65.5 cm³/mol. The van der Waals surface area contributed by atoms with Crippen LogP contribution >= 0.6 is 0 Å². The van der Waals surface area contributed by atoms with Gasteiger partial charge in [-0.25, -0.2) is 9.37 Å². The van der Waals surface area contributed by atoms with Crippen LogP contribution in [0.1, 0.15) is 18.4 Å².